The smallest absolute Gasteiger partial charge is 0.291 e. The summed E-state index contributed by atoms with van der Waals surface area (Å²) in [6, 6.07) is 9.71. The summed E-state index contributed by atoms with van der Waals surface area (Å²) in [6.45, 7) is 2.13. The van der Waals surface area contributed by atoms with Gasteiger partial charge in [-0.3, -0.25) is 14.7 Å². The van der Waals surface area contributed by atoms with E-state index in [-0.39, 0.29) is 11.9 Å². The zero-order valence-corrected chi connectivity index (χ0v) is 17.9. The largest absolute Gasteiger partial charge is 0.459 e. The van der Waals surface area contributed by atoms with Crippen LogP contribution in [-0.2, 0) is 12.8 Å². The van der Waals surface area contributed by atoms with Crippen molar-refractivity contribution >= 4 is 22.2 Å². The lowest BCUT2D eigenvalue weighted by molar-refractivity contribution is 0.0996. The number of aryl methyl sites for hydroxylation is 1. The summed E-state index contributed by atoms with van der Waals surface area (Å²) in [7, 11) is 0. The van der Waals surface area contributed by atoms with E-state index in [0.717, 1.165) is 36.6 Å². The van der Waals surface area contributed by atoms with Gasteiger partial charge in [0.2, 0.25) is 0 Å². The number of anilines is 1. The van der Waals surface area contributed by atoms with Gasteiger partial charge in [-0.05, 0) is 81.4 Å². The molecule has 0 saturated carbocycles. The highest BCUT2D eigenvalue weighted by Crippen LogP contribution is 2.45. The van der Waals surface area contributed by atoms with Gasteiger partial charge >= 0.3 is 0 Å². The maximum Gasteiger partial charge on any atom is 0.291 e. The minimum Gasteiger partial charge on any atom is -0.459 e. The zero-order chi connectivity index (χ0) is 20.3. The predicted molar refractivity (Wildman–Crippen MR) is 119 cm³/mol. The van der Waals surface area contributed by atoms with Crippen LogP contribution < -0.4 is 5.32 Å². The van der Waals surface area contributed by atoms with E-state index in [0.29, 0.717) is 5.76 Å². The van der Waals surface area contributed by atoms with Crippen molar-refractivity contribution in [1.29, 1.82) is 0 Å². The maximum absolute atomic E-state index is 12.8. The van der Waals surface area contributed by atoms with Crippen LogP contribution in [0.4, 0.5) is 5.00 Å². The van der Waals surface area contributed by atoms with Gasteiger partial charge in [-0.25, -0.2) is 0 Å². The Kier molecular flexibility index (Phi) is 5.69. The molecule has 1 N–H and O–H groups in total. The van der Waals surface area contributed by atoms with E-state index in [1.165, 1.54) is 48.1 Å². The first-order chi connectivity index (χ1) is 14.8. The molecule has 1 aliphatic carbocycles. The molecular weight excluding hydrogens is 394 g/mol. The zero-order valence-electron chi connectivity index (χ0n) is 17.1. The van der Waals surface area contributed by atoms with Crippen molar-refractivity contribution < 1.29 is 9.21 Å². The van der Waals surface area contributed by atoms with E-state index in [9.17, 15) is 4.79 Å². The Morgan fingerprint density at radius 3 is 2.70 bits per heavy atom. The number of nitrogens with zero attached hydrogens (tertiary/aromatic N) is 2. The van der Waals surface area contributed by atoms with Crippen molar-refractivity contribution in [3.8, 4) is 0 Å². The van der Waals surface area contributed by atoms with E-state index < -0.39 is 0 Å². The average Bonchev–Trinajstić information content (AvgIpc) is 3.45. The molecule has 1 atom stereocenters. The standard InChI is InChI=1S/C24H27N3O2S/c28-23(19-11-8-16-29-19)26-24-21(17-9-2-3-12-20(17)30-24)22(18-10-4-5-13-25-18)27-14-6-1-7-15-27/h4-5,8,10-11,13,16,22H,1-3,6-7,9,12,14-15H2,(H,26,28)/t22-/m0/s1. The molecule has 0 spiro atoms. The van der Waals surface area contributed by atoms with Gasteiger partial charge in [0.15, 0.2) is 5.76 Å². The number of hydrogen-bond acceptors (Lipinski definition) is 5. The Labute approximate surface area is 181 Å². The summed E-state index contributed by atoms with van der Waals surface area (Å²) in [6.07, 6.45) is 11.7. The van der Waals surface area contributed by atoms with Gasteiger partial charge in [0.05, 0.1) is 18.0 Å². The number of pyridine rings is 1. The van der Waals surface area contributed by atoms with Crippen LogP contribution in [0.25, 0.3) is 0 Å². The quantitative estimate of drug-likeness (QED) is 0.596. The van der Waals surface area contributed by atoms with Crippen molar-refractivity contribution in [2.24, 2.45) is 0 Å². The molecule has 4 heterocycles. The Balaban J connectivity index is 1.60. The predicted octanol–water partition coefficient (Wildman–Crippen LogP) is 5.44. The number of aromatic nitrogens is 1. The summed E-state index contributed by atoms with van der Waals surface area (Å²) in [5.74, 6) is 0.165. The number of carbonyl (C=O) groups excluding carboxylic acids is 1. The molecular formula is C24H27N3O2S. The molecule has 1 aliphatic heterocycles. The van der Waals surface area contributed by atoms with Crippen molar-refractivity contribution in [3.63, 3.8) is 0 Å². The van der Waals surface area contributed by atoms with Crippen LogP contribution in [0.1, 0.15) is 70.4 Å². The van der Waals surface area contributed by atoms with Gasteiger partial charge < -0.3 is 9.73 Å². The molecule has 3 aromatic heterocycles. The summed E-state index contributed by atoms with van der Waals surface area (Å²) in [4.78, 5) is 21.6. The number of nitrogens with one attached hydrogen (secondary N) is 1. The molecule has 0 aromatic carbocycles. The SMILES string of the molecule is O=C(Nc1sc2c(c1[C@H](c1ccccn1)N1CCCCC1)CCCC2)c1ccco1. The third kappa shape index (κ3) is 3.82. The number of carbonyl (C=O) groups is 1. The van der Waals surface area contributed by atoms with Crippen LogP contribution in [0.3, 0.4) is 0 Å². The number of furan rings is 1. The number of thiophene rings is 1. The van der Waals surface area contributed by atoms with Gasteiger partial charge in [-0.2, -0.15) is 0 Å². The molecule has 6 heteroatoms. The number of likely N-dealkylation sites (tertiary alicyclic amines) is 1. The molecule has 0 bridgehead atoms. The molecule has 0 radical (unpaired) electrons. The molecule has 0 unspecified atom stereocenters. The van der Waals surface area contributed by atoms with E-state index in [1.54, 1.807) is 29.7 Å². The Hall–Kier alpha value is -2.44. The Morgan fingerprint density at radius 1 is 1.07 bits per heavy atom. The van der Waals surface area contributed by atoms with Crippen LogP contribution in [0.15, 0.2) is 47.2 Å². The van der Waals surface area contributed by atoms with Crippen LogP contribution in [-0.4, -0.2) is 28.9 Å². The summed E-state index contributed by atoms with van der Waals surface area (Å²) in [5.41, 5.74) is 3.76. The van der Waals surface area contributed by atoms with Gasteiger partial charge in [-0.15, -0.1) is 11.3 Å². The highest BCUT2D eigenvalue weighted by molar-refractivity contribution is 7.16. The second kappa shape index (κ2) is 8.74. The summed E-state index contributed by atoms with van der Waals surface area (Å²) in [5, 5.41) is 4.15. The lowest BCUT2D eigenvalue weighted by Crippen LogP contribution is -2.35. The number of hydrogen-bond donors (Lipinski definition) is 1. The van der Waals surface area contributed by atoms with Crippen LogP contribution in [0, 0.1) is 0 Å². The second-order valence-electron chi connectivity index (χ2n) is 8.14. The van der Waals surface area contributed by atoms with E-state index in [2.05, 4.69) is 22.3 Å². The maximum atomic E-state index is 12.8. The normalized spacial score (nSPS) is 18.0. The summed E-state index contributed by atoms with van der Waals surface area (Å²) < 4.78 is 5.34. The van der Waals surface area contributed by atoms with Gasteiger partial charge in [0.1, 0.15) is 5.00 Å². The van der Waals surface area contributed by atoms with E-state index in [1.807, 2.05) is 12.3 Å². The Morgan fingerprint density at radius 2 is 1.93 bits per heavy atom. The molecule has 30 heavy (non-hydrogen) atoms. The first kappa shape index (κ1) is 19.5. The number of fused-ring (bicyclic) bond motifs is 1. The monoisotopic (exact) mass is 421 g/mol. The van der Waals surface area contributed by atoms with Crippen molar-refractivity contribution in [3.05, 3.63) is 70.3 Å². The molecule has 5 nitrogen and oxygen atoms in total. The number of amides is 1. The molecule has 2 aliphatic rings. The van der Waals surface area contributed by atoms with E-state index >= 15 is 0 Å². The first-order valence-electron chi connectivity index (χ1n) is 11.0. The molecule has 1 saturated heterocycles. The average molecular weight is 422 g/mol. The third-order valence-corrected chi connectivity index (χ3v) is 7.40. The van der Waals surface area contributed by atoms with Crippen LogP contribution in [0.2, 0.25) is 0 Å². The van der Waals surface area contributed by atoms with Gasteiger partial charge in [0.25, 0.3) is 5.91 Å². The summed E-state index contributed by atoms with van der Waals surface area (Å²) >= 11 is 1.75. The topological polar surface area (TPSA) is 58.4 Å². The molecule has 5 rings (SSSR count). The van der Waals surface area contributed by atoms with Crippen LogP contribution in [0.5, 0.6) is 0 Å². The third-order valence-electron chi connectivity index (χ3n) is 6.18. The van der Waals surface area contributed by atoms with E-state index in [4.69, 9.17) is 9.40 Å². The Bertz CT molecular complexity index is 991. The molecule has 3 aromatic rings. The molecule has 1 fully saturated rings. The fraction of sp³-hybridized carbons (Fsp3) is 0.417. The highest BCUT2D eigenvalue weighted by atomic mass is 32.1. The van der Waals surface area contributed by atoms with Crippen molar-refractivity contribution in [2.45, 2.75) is 51.0 Å². The highest BCUT2D eigenvalue weighted by Gasteiger charge is 2.33. The van der Waals surface area contributed by atoms with Gasteiger partial charge in [0, 0.05) is 16.6 Å². The fourth-order valence-electron chi connectivity index (χ4n) is 4.78. The lowest BCUT2D eigenvalue weighted by Gasteiger charge is -2.35. The number of rotatable bonds is 5. The number of piperidine rings is 1. The fourth-order valence-corrected chi connectivity index (χ4v) is 6.09. The van der Waals surface area contributed by atoms with Crippen molar-refractivity contribution in [2.75, 3.05) is 18.4 Å². The lowest BCUT2D eigenvalue weighted by atomic mass is 9.89. The minimum absolute atomic E-state index is 0.0801. The molecule has 1 amide bonds. The second-order valence-corrected chi connectivity index (χ2v) is 9.24. The van der Waals surface area contributed by atoms with Gasteiger partial charge in [-0.1, -0.05) is 12.5 Å². The van der Waals surface area contributed by atoms with Crippen molar-refractivity contribution in [1.82, 2.24) is 9.88 Å². The first-order valence-corrected chi connectivity index (χ1v) is 11.8. The minimum atomic E-state index is -0.182. The molecule has 156 valence electrons. The van der Waals surface area contributed by atoms with Crippen LogP contribution >= 0.6 is 11.3 Å².